The SMILES string of the molecule is [C]1=CSNCC1. The van der Waals surface area contributed by atoms with Crippen molar-refractivity contribution >= 4 is 11.9 Å². The van der Waals surface area contributed by atoms with Crippen molar-refractivity contribution in [3.8, 4) is 0 Å². The molecule has 0 aromatic heterocycles. The van der Waals surface area contributed by atoms with E-state index in [1.165, 1.54) is 0 Å². The van der Waals surface area contributed by atoms with Crippen LogP contribution in [0.15, 0.2) is 5.41 Å². The predicted molar refractivity (Wildman–Crippen MR) is 28.0 cm³/mol. The lowest BCUT2D eigenvalue weighted by Crippen LogP contribution is -2.05. The highest BCUT2D eigenvalue weighted by atomic mass is 32.2. The van der Waals surface area contributed by atoms with E-state index in [0.717, 1.165) is 13.0 Å². The molecule has 1 N–H and O–H groups in total. The van der Waals surface area contributed by atoms with Gasteiger partial charge < -0.3 is 0 Å². The molecule has 0 unspecified atom stereocenters. The van der Waals surface area contributed by atoms with Gasteiger partial charge in [0.1, 0.15) is 0 Å². The summed E-state index contributed by atoms with van der Waals surface area (Å²) in [5.74, 6) is 0. The lowest BCUT2D eigenvalue weighted by molar-refractivity contribution is 0.915. The van der Waals surface area contributed by atoms with Gasteiger partial charge in [0.15, 0.2) is 0 Å². The van der Waals surface area contributed by atoms with Gasteiger partial charge in [-0.15, -0.1) is 0 Å². The number of hydrogen-bond donors (Lipinski definition) is 1. The highest BCUT2D eigenvalue weighted by molar-refractivity contribution is 8.00. The van der Waals surface area contributed by atoms with E-state index in [4.69, 9.17) is 0 Å². The summed E-state index contributed by atoms with van der Waals surface area (Å²) in [6.45, 7) is 1.07. The Balaban J connectivity index is 2.26. The first kappa shape index (κ1) is 4.22. The molecule has 0 fully saturated rings. The average molecular weight is 100 g/mol. The lowest BCUT2D eigenvalue weighted by Gasteiger charge is -1.99. The second-order valence-electron chi connectivity index (χ2n) is 1.08. The van der Waals surface area contributed by atoms with Gasteiger partial charge in [-0.05, 0) is 17.9 Å². The summed E-state index contributed by atoms with van der Waals surface area (Å²) in [4.78, 5) is 0. The van der Waals surface area contributed by atoms with Crippen LogP contribution in [0.25, 0.3) is 0 Å². The summed E-state index contributed by atoms with van der Waals surface area (Å²) < 4.78 is 3.08. The third-order valence-corrected chi connectivity index (χ3v) is 1.25. The zero-order chi connectivity index (χ0) is 4.24. The molecule has 1 aliphatic heterocycles. The Morgan fingerprint density at radius 3 is 3.00 bits per heavy atom. The Labute approximate surface area is 41.9 Å². The van der Waals surface area contributed by atoms with Crippen LogP contribution in [-0.2, 0) is 0 Å². The molecule has 0 spiro atoms. The standard InChI is InChI=1S/C4H6NS/c1-2-4-6-5-3-1/h4-5H,1,3H2. The van der Waals surface area contributed by atoms with Crippen molar-refractivity contribution < 1.29 is 0 Å². The summed E-state index contributed by atoms with van der Waals surface area (Å²) in [7, 11) is 0. The van der Waals surface area contributed by atoms with E-state index in [2.05, 4.69) is 10.8 Å². The van der Waals surface area contributed by atoms with Gasteiger partial charge in [-0.2, -0.15) is 0 Å². The van der Waals surface area contributed by atoms with Crippen molar-refractivity contribution in [2.24, 2.45) is 0 Å². The first-order valence-electron chi connectivity index (χ1n) is 1.94. The Bertz CT molecular complexity index is 52.6. The molecule has 0 aromatic rings. The lowest BCUT2D eigenvalue weighted by atomic mass is 10.4. The monoisotopic (exact) mass is 100 g/mol. The maximum atomic E-state index is 3.08. The summed E-state index contributed by atoms with van der Waals surface area (Å²) in [5.41, 5.74) is 0. The predicted octanol–water partition coefficient (Wildman–Crippen LogP) is 0.945. The largest absolute Gasteiger partial charge is 0.260 e. The minimum Gasteiger partial charge on any atom is -0.260 e. The molecule has 0 atom stereocenters. The van der Waals surface area contributed by atoms with Gasteiger partial charge in [0.2, 0.25) is 0 Å². The van der Waals surface area contributed by atoms with Crippen molar-refractivity contribution in [1.82, 2.24) is 4.72 Å². The molecular formula is C4H6NS. The van der Waals surface area contributed by atoms with Crippen LogP contribution in [0.4, 0.5) is 0 Å². The van der Waals surface area contributed by atoms with Crippen LogP contribution in [0.3, 0.4) is 0 Å². The summed E-state index contributed by atoms with van der Waals surface area (Å²) in [6.07, 6.45) is 4.12. The summed E-state index contributed by atoms with van der Waals surface area (Å²) in [5, 5.41) is 1.95. The first-order valence-corrected chi connectivity index (χ1v) is 2.82. The quantitative estimate of drug-likeness (QED) is 0.455. The van der Waals surface area contributed by atoms with Crippen LogP contribution in [-0.4, -0.2) is 6.54 Å². The molecule has 2 heteroatoms. The van der Waals surface area contributed by atoms with Crippen molar-refractivity contribution in [1.29, 1.82) is 0 Å². The van der Waals surface area contributed by atoms with Crippen molar-refractivity contribution in [3.63, 3.8) is 0 Å². The Kier molecular flexibility index (Phi) is 1.59. The van der Waals surface area contributed by atoms with Gasteiger partial charge in [-0.3, -0.25) is 4.72 Å². The number of hydrogen-bond acceptors (Lipinski definition) is 2. The van der Waals surface area contributed by atoms with Crippen LogP contribution in [0.5, 0.6) is 0 Å². The number of nitrogens with one attached hydrogen (secondary N) is 1. The Morgan fingerprint density at radius 2 is 2.83 bits per heavy atom. The fourth-order valence-corrected chi connectivity index (χ4v) is 0.829. The third-order valence-electron chi connectivity index (χ3n) is 0.597. The molecule has 0 bridgehead atoms. The molecule has 0 saturated heterocycles. The van der Waals surface area contributed by atoms with E-state index in [-0.39, 0.29) is 0 Å². The molecular weight excluding hydrogens is 94.1 g/mol. The number of rotatable bonds is 0. The van der Waals surface area contributed by atoms with Gasteiger partial charge in [-0.1, -0.05) is 11.9 Å². The van der Waals surface area contributed by atoms with Crippen LogP contribution < -0.4 is 4.72 Å². The van der Waals surface area contributed by atoms with Crippen LogP contribution in [0, 0.1) is 6.08 Å². The van der Waals surface area contributed by atoms with Crippen LogP contribution in [0.1, 0.15) is 6.42 Å². The first-order chi connectivity index (χ1) is 3.00. The van der Waals surface area contributed by atoms with E-state index in [9.17, 15) is 0 Å². The molecule has 1 nitrogen and oxygen atoms in total. The van der Waals surface area contributed by atoms with E-state index >= 15 is 0 Å². The molecule has 1 heterocycles. The highest BCUT2D eigenvalue weighted by Gasteiger charge is 1.86. The Morgan fingerprint density at radius 1 is 1.83 bits per heavy atom. The van der Waals surface area contributed by atoms with Gasteiger partial charge in [0.05, 0.1) is 0 Å². The van der Waals surface area contributed by atoms with Crippen LogP contribution >= 0.6 is 11.9 Å². The van der Waals surface area contributed by atoms with E-state index in [1.54, 1.807) is 11.9 Å². The molecule has 1 radical (unpaired) electrons. The van der Waals surface area contributed by atoms with Crippen LogP contribution in [0.2, 0.25) is 0 Å². The zero-order valence-electron chi connectivity index (χ0n) is 3.40. The van der Waals surface area contributed by atoms with Gasteiger partial charge in [0, 0.05) is 6.54 Å². The van der Waals surface area contributed by atoms with E-state index in [1.807, 2.05) is 5.41 Å². The fraction of sp³-hybridized carbons (Fsp3) is 0.500. The van der Waals surface area contributed by atoms with E-state index < -0.39 is 0 Å². The van der Waals surface area contributed by atoms with Gasteiger partial charge in [-0.25, -0.2) is 0 Å². The molecule has 0 saturated carbocycles. The maximum Gasteiger partial charge on any atom is 0.0102 e. The zero-order valence-corrected chi connectivity index (χ0v) is 4.22. The van der Waals surface area contributed by atoms with Gasteiger partial charge >= 0.3 is 0 Å². The van der Waals surface area contributed by atoms with Crippen molar-refractivity contribution in [2.75, 3.05) is 6.54 Å². The van der Waals surface area contributed by atoms with Crippen molar-refractivity contribution in [2.45, 2.75) is 6.42 Å². The second-order valence-corrected chi connectivity index (χ2v) is 1.84. The molecule has 0 aromatic carbocycles. The maximum absolute atomic E-state index is 3.08. The summed E-state index contributed by atoms with van der Waals surface area (Å²) >= 11 is 1.61. The minimum absolute atomic E-state index is 1.06. The Hall–Kier alpha value is 0.0500. The topological polar surface area (TPSA) is 12.0 Å². The third kappa shape index (κ3) is 1.03. The minimum atomic E-state index is 1.06. The molecule has 6 heavy (non-hydrogen) atoms. The van der Waals surface area contributed by atoms with Gasteiger partial charge in [0.25, 0.3) is 0 Å². The summed E-state index contributed by atoms with van der Waals surface area (Å²) in [6, 6.07) is 0. The molecule has 0 aliphatic carbocycles. The smallest absolute Gasteiger partial charge is 0.0102 e. The average Bonchev–Trinajstić information content (AvgIpc) is 1.72. The molecule has 1 rings (SSSR count). The van der Waals surface area contributed by atoms with Crippen molar-refractivity contribution in [3.05, 3.63) is 11.5 Å². The molecule has 1 aliphatic rings. The molecule has 33 valence electrons. The highest BCUT2D eigenvalue weighted by Crippen LogP contribution is 2.00. The fourth-order valence-electron chi connectivity index (χ4n) is 0.324. The second kappa shape index (κ2) is 2.26. The van der Waals surface area contributed by atoms with E-state index in [0.29, 0.717) is 0 Å². The molecule has 0 amide bonds. The normalized spacial score (nSPS) is 21.3.